The van der Waals surface area contributed by atoms with Crippen LogP contribution in [0.25, 0.3) is 0 Å². The van der Waals surface area contributed by atoms with Gasteiger partial charge in [0.2, 0.25) is 10.0 Å². The first-order valence-electron chi connectivity index (χ1n) is 8.60. The van der Waals surface area contributed by atoms with E-state index in [1.165, 1.54) is 10.4 Å². The molecule has 8 heteroatoms. The van der Waals surface area contributed by atoms with Gasteiger partial charge in [-0.2, -0.15) is 0 Å². The summed E-state index contributed by atoms with van der Waals surface area (Å²) in [6, 6.07) is 12.5. The summed E-state index contributed by atoms with van der Waals surface area (Å²) >= 11 is 6.02. The summed E-state index contributed by atoms with van der Waals surface area (Å²) in [5.41, 5.74) is 2.30. The van der Waals surface area contributed by atoms with E-state index in [2.05, 4.69) is 0 Å². The lowest BCUT2D eigenvalue weighted by molar-refractivity contribution is -0.125. The molecule has 2 aliphatic rings. The summed E-state index contributed by atoms with van der Waals surface area (Å²) < 4.78 is 31.7. The van der Waals surface area contributed by atoms with Crippen LogP contribution in [0.5, 0.6) is 5.75 Å². The molecule has 27 heavy (non-hydrogen) atoms. The molecule has 0 N–H and O–H groups in total. The standard InChI is InChI=1S/C19H19ClN2O4S/c1-12-9-13-5-3-4-6-15(13)22(12)19(23)18-11-21(27(2,24)25)16-10-14(20)7-8-17(16)26-18/h3-8,10,12,18H,9,11H2,1-2H3/t12-,18-/m0/s1. The van der Waals surface area contributed by atoms with Crippen LogP contribution in [-0.4, -0.2) is 39.3 Å². The molecule has 4 rings (SSSR count). The van der Waals surface area contributed by atoms with Gasteiger partial charge in [0.15, 0.2) is 6.10 Å². The number of benzene rings is 2. The fourth-order valence-electron chi connectivity index (χ4n) is 3.72. The van der Waals surface area contributed by atoms with Gasteiger partial charge >= 0.3 is 0 Å². The van der Waals surface area contributed by atoms with Gasteiger partial charge < -0.3 is 9.64 Å². The predicted molar refractivity (Wildman–Crippen MR) is 105 cm³/mol. The molecule has 1 amide bonds. The first kappa shape index (κ1) is 18.1. The zero-order chi connectivity index (χ0) is 19.3. The average Bonchev–Trinajstić information content (AvgIpc) is 2.95. The summed E-state index contributed by atoms with van der Waals surface area (Å²) in [5, 5.41) is 0.401. The molecule has 2 atom stereocenters. The normalized spacial score (nSPS) is 21.4. The van der Waals surface area contributed by atoms with Crippen molar-refractivity contribution < 1.29 is 17.9 Å². The van der Waals surface area contributed by atoms with Gasteiger partial charge in [0.05, 0.1) is 18.5 Å². The summed E-state index contributed by atoms with van der Waals surface area (Å²) in [4.78, 5) is 15.0. The molecule has 0 spiro atoms. The van der Waals surface area contributed by atoms with Gasteiger partial charge in [0, 0.05) is 16.8 Å². The molecule has 0 fully saturated rings. The molecule has 6 nitrogen and oxygen atoms in total. The molecule has 2 heterocycles. The van der Waals surface area contributed by atoms with Gasteiger partial charge in [-0.15, -0.1) is 0 Å². The molecule has 0 unspecified atom stereocenters. The van der Waals surface area contributed by atoms with Crippen molar-refractivity contribution in [2.75, 3.05) is 22.0 Å². The summed E-state index contributed by atoms with van der Waals surface area (Å²) in [6.07, 6.45) is 0.941. The molecule has 142 valence electrons. The van der Waals surface area contributed by atoms with Crippen LogP contribution in [0.2, 0.25) is 5.02 Å². The molecule has 2 aliphatic heterocycles. The van der Waals surface area contributed by atoms with Crippen molar-refractivity contribution in [3.05, 3.63) is 53.1 Å². The molecule has 0 radical (unpaired) electrons. The largest absolute Gasteiger partial charge is 0.476 e. The molecule has 0 aliphatic carbocycles. The minimum atomic E-state index is -3.60. The summed E-state index contributed by atoms with van der Waals surface area (Å²) in [6.45, 7) is 1.89. The van der Waals surface area contributed by atoms with Crippen LogP contribution in [0.3, 0.4) is 0 Å². The molecule has 2 aromatic carbocycles. The second-order valence-electron chi connectivity index (χ2n) is 6.90. The zero-order valence-corrected chi connectivity index (χ0v) is 16.5. The van der Waals surface area contributed by atoms with Crippen LogP contribution in [-0.2, 0) is 21.2 Å². The number of rotatable bonds is 2. The predicted octanol–water partition coefficient (Wildman–Crippen LogP) is 2.84. The fraction of sp³-hybridized carbons (Fsp3) is 0.316. The maximum Gasteiger partial charge on any atom is 0.270 e. The van der Waals surface area contributed by atoms with E-state index in [1.54, 1.807) is 17.0 Å². The summed E-state index contributed by atoms with van der Waals surface area (Å²) in [5.74, 6) is 0.0799. The van der Waals surface area contributed by atoms with E-state index in [0.717, 1.165) is 23.9 Å². The van der Waals surface area contributed by atoms with Gasteiger partial charge in [-0.05, 0) is 43.2 Å². The Morgan fingerprint density at radius 3 is 2.67 bits per heavy atom. The SMILES string of the molecule is C[C@H]1Cc2ccccc2N1C(=O)[C@@H]1CN(S(C)(=O)=O)c2cc(Cl)ccc2O1. The lowest BCUT2D eigenvalue weighted by Gasteiger charge is -2.36. The van der Waals surface area contributed by atoms with Crippen molar-refractivity contribution in [3.63, 3.8) is 0 Å². The Bertz CT molecular complexity index is 1020. The van der Waals surface area contributed by atoms with Crippen LogP contribution in [0.4, 0.5) is 11.4 Å². The number of sulfonamides is 1. The van der Waals surface area contributed by atoms with E-state index >= 15 is 0 Å². The first-order chi connectivity index (χ1) is 12.8. The van der Waals surface area contributed by atoms with Crippen LogP contribution in [0, 0.1) is 0 Å². The van der Waals surface area contributed by atoms with Crippen LogP contribution >= 0.6 is 11.6 Å². The zero-order valence-electron chi connectivity index (χ0n) is 14.9. The Morgan fingerprint density at radius 1 is 1.19 bits per heavy atom. The van der Waals surface area contributed by atoms with E-state index in [9.17, 15) is 13.2 Å². The Labute approximate surface area is 163 Å². The number of carbonyl (C=O) groups excluding carboxylic acids is 1. The third-order valence-corrected chi connectivity index (χ3v) is 6.29. The molecular weight excluding hydrogens is 388 g/mol. The Hall–Kier alpha value is -2.25. The minimum Gasteiger partial charge on any atom is -0.476 e. The van der Waals surface area contributed by atoms with Gasteiger partial charge in [-0.25, -0.2) is 8.42 Å². The van der Waals surface area contributed by atoms with Gasteiger partial charge in [-0.1, -0.05) is 29.8 Å². The molecule has 0 saturated heterocycles. The van der Waals surface area contributed by atoms with Gasteiger partial charge in [0.25, 0.3) is 5.91 Å². The number of hydrogen-bond donors (Lipinski definition) is 0. The van der Waals surface area contributed by atoms with Crippen LogP contribution in [0.15, 0.2) is 42.5 Å². The highest BCUT2D eigenvalue weighted by molar-refractivity contribution is 7.92. The van der Waals surface area contributed by atoms with E-state index < -0.39 is 16.1 Å². The van der Waals surface area contributed by atoms with Crippen LogP contribution in [0.1, 0.15) is 12.5 Å². The van der Waals surface area contributed by atoms with Crippen molar-refractivity contribution in [3.8, 4) is 5.75 Å². The molecule has 0 saturated carbocycles. The second-order valence-corrected chi connectivity index (χ2v) is 9.25. The molecular formula is C19H19ClN2O4S. The Kier molecular flexibility index (Phi) is 4.31. The number of para-hydroxylation sites is 1. The smallest absolute Gasteiger partial charge is 0.270 e. The Morgan fingerprint density at radius 2 is 1.93 bits per heavy atom. The number of ether oxygens (including phenoxy) is 1. The number of carbonyl (C=O) groups is 1. The fourth-order valence-corrected chi connectivity index (χ4v) is 4.80. The highest BCUT2D eigenvalue weighted by Crippen LogP contribution is 2.39. The number of anilines is 2. The number of halogens is 1. The van der Waals surface area contributed by atoms with Crippen molar-refractivity contribution >= 4 is 38.9 Å². The van der Waals surface area contributed by atoms with Crippen molar-refractivity contribution in [2.45, 2.75) is 25.5 Å². The van der Waals surface area contributed by atoms with Gasteiger partial charge in [0.1, 0.15) is 5.75 Å². The topological polar surface area (TPSA) is 66.9 Å². The Balaban J connectivity index is 1.71. The van der Waals surface area contributed by atoms with E-state index in [0.29, 0.717) is 16.5 Å². The van der Waals surface area contributed by atoms with Gasteiger partial charge in [-0.3, -0.25) is 9.10 Å². The lowest BCUT2D eigenvalue weighted by Crippen LogP contribution is -2.53. The second kappa shape index (κ2) is 6.42. The monoisotopic (exact) mass is 406 g/mol. The number of hydrogen-bond acceptors (Lipinski definition) is 4. The van der Waals surface area contributed by atoms with E-state index in [-0.39, 0.29) is 18.5 Å². The third kappa shape index (κ3) is 3.15. The van der Waals surface area contributed by atoms with Crippen LogP contribution < -0.4 is 13.9 Å². The average molecular weight is 407 g/mol. The summed E-state index contributed by atoms with van der Waals surface area (Å²) in [7, 11) is -3.60. The first-order valence-corrected chi connectivity index (χ1v) is 10.8. The molecule has 2 aromatic rings. The van der Waals surface area contributed by atoms with Crippen molar-refractivity contribution in [1.29, 1.82) is 0 Å². The van der Waals surface area contributed by atoms with Crippen molar-refractivity contribution in [1.82, 2.24) is 0 Å². The third-order valence-electron chi connectivity index (χ3n) is 4.91. The molecule has 0 aromatic heterocycles. The quantitative estimate of drug-likeness (QED) is 0.769. The highest BCUT2D eigenvalue weighted by Gasteiger charge is 2.40. The number of amides is 1. The number of fused-ring (bicyclic) bond motifs is 2. The maximum atomic E-state index is 13.3. The highest BCUT2D eigenvalue weighted by atomic mass is 35.5. The van der Waals surface area contributed by atoms with E-state index in [4.69, 9.17) is 16.3 Å². The van der Waals surface area contributed by atoms with E-state index in [1.807, 2.05) is 31.2 Å². The van der Waals surface area contributed by atoms with Crippen molar-refractivity contribution in [2.24, 2.45) is 0 Å². The number of nitrogens with zero attached hydrogens (tertiary/aromatic N) is 2. The maximum absolute atomic E-state index is 13.3. The lowest BCUT2D eigenvalue weighted by atomic mass is 10.1. The minimum absolute atomic E-state index is 0.0169. The molecule has 0 bridgehead atoms.